The van der Waals surface area contributed by atoms with E-state index in [1.165, 1.54) is 12.1 Å². The number of alkyl halides is 3. The molecule has 1 unspecified atom stereocenters. The van der Waals surface area contributed by atoms with Crippen LogP contribution in [0.2, 0.25) is 0 Å². The summed E-state index contributed by atoms with van der Waals surface area (Å²) in [6, 6.07) is 3.63. The van der Waals surface area contributed by atoms with Crippen LogP contribution in [0, 0.1) is 5.92 Å². The van der Waals surface area contributed by atoms with Crippen LogP contribution in [0.5, 0.6) is 0 Å². The minimum atomic E-state index is -4.50. The second-order valence-corrected chi connectivity index (χ2v) is 5.57. The maximum atomic E-state index is 12.7. The smallest absolute Gasteiger partial charge is 0.383 e. The average Bonchev–Trinajstić information content (AvgIpc) is 3.30. The van der Waals surface area contributed by atoms with E-state index < -0.39 is 11.9 Å². The van der Waals surface area contributed by atoms with E-state index >= 15 is 0 Å². The maximum Gasteiger partial charge on any atom is 0.433 e. The van der Waals surface area contributed by atoms with Crippen molar-refractivity contribution in [2.75, 3.05) is 5.73 Å². The first-order valence-corrected chi connectivity index (χ1v) is 7.03. The molecule has 1 aliphatic rings. The highest BCUT2D eigenvalue weighted by molar-refractivity contribution is 5.54. The minimum absolute atomic E-state index is 0.0622. The summed E-state index contributed by atoms with van der Waals surface area (Å²) in [6.45, 7) is 2.06. The van der Waals surface area contributed by atoms with Crippen molar-refractivity contribution in [1.29, 1.82) is 0 Å². The number of nitrogens with zero attached hydrogens (tertiary/aromatic N) is 3. The van der Waals surface area contributed by atoms with E-state index in [-0.39, 0.29) is 17.4 Å². The molecule has 1 atom stereocenters. The quantitative estimate of drug-likeness (QED) is 0.940. The lowest BCUT2D eigenvalue weighted by Crippen LogP contribution is -2.10. The van der Waals surface area contributed by atoms with Crippen molar-refractivity contribution in [2.24, 2.45) is 5.92 Å². The Balaban J connectivity index is 1.94. The molecular weight excluding hydrogens is 293 g/mol. The van der Waals surface area contributed by atoms with Gasteiger partial charge in [0.05, 0.1) is 0 Å². The van der Waals surface area contributed by atoms with Gasteiger partial charge in [0.25, 0.3) is 0 Å². The number of anilines is 1. The van der Waals surface area contributed by atoms with Gasteiger partial charge in [-0.05, 0) is 36.8 Å². The van der Waals surface area contributed by atoms with E-state index in [1.54, 1.807) is 6.20 Å². The van der Waals surface area contributed by atoms with Gasteiger partial charge >= 0.3 is 6.18 Å². The number of aromatic nitrogens is 3. The number of nitrogen functional groups attached to an aromatic ring is 1. The Morgan fingerprint density at radius 1 is 1.23 bits per heavy atom. The molecule has 1 saturated carbocycles. The lowest BCUT2D eigenvalue weighted by atomic mass is 9.98. The number of nitrogens with two attached hydrogens (primary N) is 1. The molecule has 2 aromatic heterocycles. The van der Waals surface area contributed by atoms with Gasteiger partial charge in [0, 0.05) is 11.8 Å². The predicted molar refractivity (Wildman–Crippen MR) is 75.8 cm³/mol. The number of hydrogen-bond donors (Lipinski definition) is 1. The number of rotatable bonds is 3. The number of hydrogen-bond acceptors (Lipinski definition) is 4. The third-order valence-electron chi connectivity index (χ3n) is 3.94. The molecular formula is C15H15F3N4. The molecule has 0 saturated heterocycles. The topological polar surface area (TPSA) is 64.7 Å². The molecule has 0 radical (unpaired) electrons. The summed E-state index contributed by atoms with van der Waals surface area (Å²) in [5.74, 6) is 1.28. The molecule has 0 aromatic carbocycles. The first kappa shape index (κ1) is 14.7. The van der Waals surface area contributed by atoms with Gasteiger partial charge in [-0.1, -0.05) is 13.0 Å². The summed E-state index contributed by atoms with van der Waals surface area (Å²) >= 11 is 0. The molecule has 2 heterocycles. The Hall–Kier alpha value is -2.18. The molecule has 2 aromatic rings. The highest BCUT2D eigenvalue weighted by Crippen LogP contribution is 2.43. The molecule has 2 N–H and O–H groups in total. The lowest BCUT2D eigenvalue weighted by Gasteiger charge is -2.13. The van der Waals surface area contributed by atoms with Crippen LogP contribution in [0.3, 0.4) is 0 Å². The van der Waals surface area contributed by atoms with Crippen LogP contribution in [-0.2, 0) is 6.18 Å². The third kappa shape index (κ3) is 2.88. The van der Waals surface area contributed by atoms with Crippen molar-refractivity contribution in [2.45, 2.75) is 31.9 Å². The molecule has 0 spiro atoms. The first-order chi connectivity index (χ1) is 10.4. The molecule has 1 aliphatic carbocycles. The fourth-order valence-corrected chi connectivity index (χ4v) is 2.45. The summed E-state index contributed by atoms with van der Waals surface area (Å²) in [7, 11) is 0. The molecule has 4 nitrogen and oxygen atoms in total. The van der Waals surface area contributed by atoms with Gasteiger partial charge in [-0.15, -0.1) is 0 Å². The summed E-state index contributed by atoms with van der Waals surface area (Å²) in [6.07, 6.45) is -0.570. The molecule has 116 valence electrons. The molecule has 3 rings (SSSR count). The van der Waals surface area contributed by atoms with Crippen LogP contribution in [0.4, 0.5) is 19.0 Å². The van der Waals surface area contributed by atoms with Gasteiger partial charge in [-0.25, -0.2) is 15.0 Å². The van der Waals surface area contributed by atoms with Gasteiger partial charge in [-0.3, -0.25) is 0 Å². The molecule has 22 heavy (non-hydrogen) atoms. The SMILES string of the molecule is CC(c1cnc(-c2cccc(C(F)(F)F)n2)nc1N)C1CC1. The van der Waals surface area contributed by atoms with Crippen LogP contribution in [0.15, 0.2) is 24.4 Å². The number of halogens is 3. The normalized spacial score (nSPS) is 16.5. The molecule has 0 bridgehead atoms. The fourth-order valence-electron chi connectivity index (χ4n) is 2.45. The Labute approximate surface area is 125 Å². The molecule has 1 fully saturated rings. The highest BCUT2D eigenvalue weighted by Gasteiger charge is 2.33. The zero-order chi connectivity index (χ0) is 15.9. The van der Waals surface area contributed by atoms with E-state index in [4.69, 9.17) is 5.73 Å². The summed E-state index contributed by atoms with van der Waals surface area (Å²) in [5, 5.41) is 0. The van der Waals surface area contributed by atoms with Gasteiger partial charge < -0.3 is 5.73 Å². The van der Waals surface area contributed by atoms with Gasteiger partial charge in [0.2, 0.25) is 0 Å². The fraction of sp³-hybridized carbons (Fsp3) is 0.400. The maximum absolute atomic E-state index is 12.7. The van der Waals surface area contributed by atoms with Crippen molar-refractivity contribution in [3.63, 3.8) is 0 Å². The van der Waals surface area contributed by atoms with Crippen LogP contribution >= 0.6 is 0 Å². The van der Waals surface area contributed by atoms with Crippen LogP contribution in [0.1, 0.15) is 36.9 Å². The van der Waals surface area contributed by atoms with Crippen LogP contribution < -0.4 is 5.73 Å². The van der Waals surface area contributed by atoms with Crippen molar-refractivity contribution < 1.29 is 13.2 Å². The van der Waals surface area contributed by atoms with E-state index in [0.717, 1.165) is 24.5 Å². The van der Waals surface area contributed by atoms with Crippen molar-refractivity contribution in [1.82, 2.24) is 15.0 Å². The Morgan fingerprint density at radius 3 is 2.55 bits per heavy atom. The lowest BCUT2D eigenvalue weighted by molar-refractivity contribution is -0.141. The highest BCUT2D eigenvalue weighted by atomic mass is 19.4. The predicted octanol–water partition coefficient (Wildman–Crippen LogP) is 3.65. The minimum Gasteiger partial charge on any atom is -0.383 e. The number of pyridine rings is 1. The zero-order valence-electron chi connectivity index (χ0n) is 11.9. The summed E-state index contributed by atoms with van der Waals surface area (Å²) in [4.78, 5) is 11.8. The summed E-state index contributed by atoms with van der Waals surface area (Å²) in [5.41, 5.74) is 5.89. The monoisotopic (exact) mass is 308 g/mol. The summed E-state index contributed by atoms with van der Waals surface area (Å²) < 4.78 is 38.1. The Morgan fingerprint density at radius 2 is 1.95 bits per heavy atom. The van der Waals surface area contributed by atoms with Crippen molar-refractivity contribution >= 4 is 5.82 Å². The molecule has 0 amide bonds. The van der Waals surface area contributed by atoms with Crippen LogP contribution in [-0.4, -0.2) is 15.0 Å². The standard InChI is InChI=1S/C15H15F3N4/c1-8(9-5-6-9)10-7-20-14(22-13(10)19)11-3-2-4-12(21-11)15(16,17)18/h2-4,7-9H,5-6H2,1H3,(H2,19,20,22). The van der Waals surface area contributed by atoms with Crippen molar-refractivity contribution in [3.8, 4) is 11.5 Å². The van der Waals surface area contributed by atoms with Gasteiger partial charge in [0.1, 0.15) is 17.2 Å². The molecule has 7 heteroatoms. The second-order valence-electron chi connectivity index (χ2n) is 5.57. The van der Waals surface area contributed by atoms with Gasteiger partial charge in [-0.2, -0.15) is 13.2 Å². The van der Waals surface area contributed by atoms with E-state index in [1.807, 2.05) is 0 Å². The van der Waals surface area contributed by atoms with Crippen molar-refractivity contribution in [3.05, 3.63) is 35.7 Å². The third-order valence-corrected chi connectivity index (χ3v) is 3.94. The Bertz CT molecular complexity index is 695. The van der Waals surface area contributed by atoms with E-state index in [9.17, 15) is 13.2 Å². The van der Waals surface area contributed by atoms with E-state index in [0.29, 0.717) is 11.7 Å². The Kier molecular flexibility index (Phi) is 3.50. The zero-order valence-corrected chi connectivity index (χ0v) is 11.9. The van der Waals surface area contributed by atoms with Gasteiger partial charge in [0.15, 0.2) is 5.82 Å². The average molecular weight is 308 g/mol. The molecule has 0 aliphatic heterocycles. The van der Waals surface area contributed by atoms with E-state index in [2.05, 4.69) is 21.9 Å². The second kappa shape index (κ2) is 5.23. The first-order valence-electron chi connectivity index (χ1n) is 7.03. The largest absolute Gasteiger partial charge is 0.433 e. The van der Waals surface area contributed by atoms with Crippen LogP contribution in [0.25, 0.3) is 11.5 Å².